The van der Waals surface area contributed by atoms with E-state index < -0.39 is 0 Å². The highest BCUT2D eigenvalue weighted by Gasteiger charge is 2.53. The van der Waals surface area contributed by atoms with Gasteiger partial charge in [-0.3, -0.25) is 0 Å². The first-order chi connectivity index (χ1) is 31.6. The molecule has 0 fully saturated rings. The fourth-order valence-electron chi connectivity index (χ4n) is 12.3. The van der Waals surface area contributed by atoms with Gasteiger partial charge in [0.25, 0.3) is 0 Å². The summed E-state index contributed by atoms with van der Waals surface area (Å²) in [7, 11) is 1.89. The van der Waals surface area contributed by atoms with Gasteiger partial charge in [0, 0.05) is 23.3 Å². The normalized spacial score (nSPS) is 19.8. The summed E-state index contributed by atoms with van der Waals surface area (Å²) in [6.45, 7) is 21.3. The van der Waals surface area contributed by atoms with Crippen molar-refractivity contribution in [1.29, 1.82) is 0 Å². The maximum atomic E-state index is 6.70. The lowest BCUT2D eigenvalue weighted by molar-refractivity contribution is 0.305. The molecular formula is C65H60O. The van der Waals surface area contributed by atoms with Crippen molar-refractivity contribution in [3.05, 3.63) is 202 Å². The van der Waals surface area contributed by atoms with Crippen molar-refractivity contribution in [3.63, 3.8) is 0 Å². The standard InChI is InChI=1S/C65H60O/c1-63(2,3)44-25-18-24-40(28-44)49-35-52-59-51(32-41-23-16-17-26-47(41)56(59)43-29-45(64(4,5)6)34-46(30-43)65(7,8)9)60-54(66-10)36-53-58-50(57(49)61(53)62(52)60)33-42-27-38-21-14-15-22-39(38)31-48(42)55(58)37-19-12-11-13-20-37/h11-27,29-36,40,61-62H,28H2,1-10H3. The van der Waals surface area contributed by atoms with Crippen molar-refractivity contribution in [2.24, 2.45) is 23.2 Å². The summed E-state index contributed by atoms with van der Waals surface area (Å²) in [6, 6.07) is 46.6. The maximum absolute atomic E-state index is 6.70. The number of fused-ring (bicyclic) bond motifs is 9. The lowest BCUT2D eigenvalue weighted by Gasteiger charge is -2.37. The number of benzene rings is 7. The Morgan fingerprint density at radius 2 is 1.06 bits per heavy atom. The van der Waals surface area contributed by atoms with Crippen LogP contribution in [-0.4, -0.2) is 7.11 Å². The Morgan fingerprint density at radius 3 is 1.73 bits per heavy atom. The van der Waals surface area contributed by atoms with Crippen molar-refractivity contribution in [3.8, 4) is 22.3 Å². The molecule has 0 N–H and O–H groups in total. The summed E-state index contributed by atoms with van der Waals surface area (Å²) in [6.07, 6.45) is 13.4. The van der Waals surface area contributed by atoms with Crippen molar-refractivity contribution < 1.29 is 4.74 Å². The van der Waals surface area contributed by atoms with Crippen LogP contribution in [0.4, 0.5) is 0 Å². The Bertz CT molecular complexity index is 3430. The Kier molecular flexibility index (Phi) is 8.88. The Hall–Kier alpha value is -6.44. The first kappa shape index (κ1) is 41.0. The predicted octanol–water partition coefficient (Wildman–Crippen LogP) is 17.5. The highest BCUT2D eigenvalue weighted by atomic mass is 16.5. The Balaban J connectivity index is 1.23. The molecule has 12 rings (SSSR count). The minimum atomic E-state index is -0.0235. The molecule has 0 radical (unpaired) electrons. The average molecular weight is 857 g/mol. The largest absolute Gasteiger partial charge is 0.496 e. The quantitative estimate of drug-likeness (QED) is 0.160. The van der Waals surface area contributed by atoms with Crippen LogP contribution in [0.1, 0.15) is 102 Å². The number of ether oxygens (including phenoxy) is 1. The summed E-state index contributed by atoms with van der Waals surface area (Å²) in [5.74, 6) is 1.44. The molecule has 5 aliphatic rings. The second kappa shape index (κ2) is 14.3. The van der Waals surface area contributed by atoms with Gasteiger partial charge < -0.3 is 4.74 Å². The molecule has 5 aliphatic carbocycles. The zero-order chi connectivity index (χ0) is 45.6. The molecule has 0 heterocycles. The number of allylic oxidation sites excluding steroid dienone is 11. The van der Waals surface area contributed by atoms with E-state index in [0.717, 1.165) is 12.2 Å². The van der Waals surface area contributed by atoms with Gasteiger partial charge in [-0.05, 0) is 163 Å². The third-order valence-corrected chi connectivity index (χ3v) is 15.7. The van der Waals surface area contributed by atoms with Gasteiger partial charge in [0.05, 0.1) is 7.11 Å². The van der Waals surface area contributed by atoms with Gasteiger partial charge >= 0.3 is 0 Å². The smallest absolute Gasteiger partial charge is 0.123 e. The summed E-state index contributed by atoms with van der Waals surface area (Å²) in [5.41, 5.74) is 22.1. The summed E-state index contributed by atoms with van der Waals surface area (Å²) in [5, 5.41) is 7.71. The van der Waals surface area contributed by atoms with Crippen molar-refractivity contribution in [1.82, 2.24) is 0 Å². The van der Waals surface area contributed by atoms with Gasteiger partial charge in [-0.25, -0.2) is 0 Å². The molecule has 0 saturated heterocycles. The highest BCUT2D eigenvalue weighted by Crippen LogP contribution is 2.69. The Labute approximate surface area is 391 Å². The van der Waals surface area contributed by atoms with E-state index in [1.54, 1.807) is 0 Å². The lowest BCUT2D eigenvalue weighted by Crippen LogP contribution is -2.24. The molecule has 0 amide bonds. The predicted molar refractivity (Wildman–Crippen MR) is 282 cm³/mol. The molecule has 7 aromatic carbocycles. The number of methoxy groups -OCH3 is 1. The van der Waals surface area contributed by atoms with E-state index in [1.165, 1.54) is 121 Å². The summed E-state index contributed by atoms with van der Waals surface area (Å²) < 4.78 is 6.70. The number of rotatable bonds is 4. The first-order valence-corrected chi connectivity index (χ1v) is 24.2. The molecule has 0 aromatic heterocycles. The van der Waals surface area contributed by atoms with Crippen LogP contribution in [-0.2, 0) is 15.6 Å². The second-order valence-electron chi connectivity index (χ2n) is 22.8. The fraction of sp³-hybridized carbons (Fsp3) is 0.262. The van der Waals surface area contributed by atoms with E-state index in [9.17, 15) is 0 Å². The van der Waals surface area contributed by atoms with Gasteiger partial charge in [-0.2, -0.15) is 0 Å². The molecule has 1 nitrogen and oxygen atoms in total. The van der Waals surface area contributed by atoms with E-state index in [2.05, 4.69) is 214 Å². The van der Waals surface area contributed by atoms with Crippen molar-refractivity contribution >= 4 is 54.6 Å². The Morgan fingerprint density at radius 1 is 0.485 bits per heavy atom. The molecule has 1 heteroatoms. The average Bonchev–Trinajstić information content (AvgIpc) is 3.80. The van der Waals surface area contributed by atoms with Gasteiger partial charge in [0.2, 0.25) is 0 Å². The van der Waals surface area contributed by atoms with Crippen molar-refractivity contribution in [2.45, 2.75) is 79.6 Å². The van der Waals surface area contributed by atoms with Gasteiger partial charge in [-0.1, -0.05) is 189 Å². The number of hydrogen-bond donors (Lipinski definition) is 0. The number of hydrogen-bond acceptors (Lipinski definition) is 1. The molecule has 0 aliphatic heterocycles. The topological polar surface area (TPSA) is 9.23 Å². The molecule has 7 aromatic rings. The van der Waals surface area contributed by atoms with Crippen LogP contribution >= 0.6 is 0 Å². The third-order valence-electron chi connectivity index (χ3n) is 15.7. The molecular weight excluding hydrogens is 797 g/mol. The minimum absolute atomic E-state index is 0.0235. The van der Waals surface area contributed by atoms with Crippen LogP contribution in [0.3, 0.4) is 0 Å². The maximum Gasteiger partial charge on any atom is 0.123 e. The zero-order valence-corrected chi connectivity index (χ0v) is 40.3. The second-order valence-corrected chi connectivity index (χ2v) is 22.8. The zero-order valence-electron chi connectivity index (χ0n) is 40.3. The summed E-state index contributed by atoms with van der Waals surface area (Å²) in [4.78, 5) is 0. The highest BCUT2D eigenvalue weighted by molar-refractivity contribution is 6.20. The van der Waals surface area contributed by atoms with Crippen LogP contribution < -0.4 is 0 Å². The third kappa shape index (κ3) is 6.11. The van der Waals surface area contributed by atoms with Crippen LogP contribution in [0.15, 0.2) is 169 Å². The monoisotopic (exact) mass is 856 g/mol. The van der Waals surface area contributed by atoms with Gasteiger partial charge in [0.1, 0.15) is 5.76 Å². The van der Waals surface area contributed by atoms with E-state index in [0.29, 0.717) is 0 Å². The molecule has 3 atom stereocenters. The minimum Gasteiger partial charge on any atom is -0.496 e. The molecule has 0 bridgehead atoms. The molecule has 66 heavy (non-hydrogen) atoms. The SMILES string of the molecule is COC1=C2c3cc4ccccc4c(-c4cc(C(C)(C)C)cc(C(C)(C)C)c4)c3C3=CC(C4C=CC=C(C(C)(C)C)C4)=C4c5cc6cc7ccccc7cc6c(-c6ccccc6)c5C(=C1)C4C32. The molecule has 326 valence electrons. The molecule has 3 unspecified atom stereocenters. The van der Waals surface area contributed by atoms with Gasteiger partial charge in [-0.15, -0.1) is 0 Å². The van der Waals surface area contributed by atoms with Crippen LogP contribution in [0.5, 0.6) is 0 Å². The van der Waals surface area contributed by atoms with Crippen LogP contribution in [0.2, 0.25) is 0 Å². The van der Waals surface area contributed by atoms with E-state index in [-0.39, 0.29) is 34.0 Å². The van der Waals surface area contributed by atoms with E-state index >= 15 is 0 Å². The van der Waals surface area contributed by atoms with E-state index in [1.807, 2.05) is 7.11 Å². The fourth-order valence-corrected chi connectivity index (χ4v) is 12.3. The summed E-state index contributed by atoms with van der Waals surface area (Å²) >= 11 is 0. The first-order valence-electron chi connectivity index (χ1n) is 24.2. The van der Waals surface area contributed by atoms with Gasteiger partial charge in [0.15, 0.2) is 0 Å². The van der Waals surface area contributed by atoms with Crippen molar-refractivity contribution in [2.75, 3.05) is 7.11 Å². The van der Waals surface area contributed by atoms with Crippen LogP contribution in [0.25, 0.3) is 76.9 Å². The molecule has 0 saturated carbocycles. The lowest BCUT2D eigenvalue weighted by atomic mass is 9.66. The molecule has 0 spiro atoms. The van der Waals surface area contributed by atoms with Crippen LogP contribution in [0, 0.1) is 23.2 Å². The van der Waals surface area contributed by atoms with E-state index in [4.69, 9.17) is 4.74 Å².